The first-order valence-corrected chi connectivity index (χ1v) is 6.47. The monoisotopic (exact) mass is 276 g/mol. The zero-order valence-electron chi connectivity index (χ0n) is 12.1. The molecular weight excluding hydrogens is 256 g/mol. The van der Waals surface area contributed by atoms with Crippen molar-refractivity contribution in [2.45, 2.75) is 32.8 Å². The van der Waals surface area contributed by atoms with E-state index in [1.807, 2.05) is 20.8 Å². The zero-order chi connectivity index (χ0) is 15.0. The number of carbonyl (C=O) groups is 1. The molecule has 108 valence electrons. The van der Waals surface area contributed by atoms with Crippen molar-refractivity contribution in [1.82, 2.24) is 10.3 Å². The summed E-state index contributed by atoms with van der Waals surface area (Å²) in [6.07, 6.45) is 3.49. The van der Waals surface area contributed by atoms with Crippen molar-refractivity contribution >= 4 is 11.8 Å². The minimum Gasteiger partial charge on any atom is -0.444 e. The van der Waals surface area contributed by atoms with Crippen LogP contribution < -0.4 is 10.6 Å². The third kappa shape index (κ3) is 6.05. The lowest BCUT2D eigenvalue weighted by Gasteiger charge is -2.19. The van der Waals surface area contributed by atoms with Gasteiger partial charge in [-0.05, 0) is 33.3 Å². The van der Waals surface area contributed by atoms with Crippen molar-refractivity contribution in [3.05, 3.63) is 24.0 Å². The zero-order valence-corrected chi connectivity index (χ0v) is 12.1. The normalized spacial score (nSPS) is 10.5. The lowest BCUT2D eigenvalue weighted by Crippen LogP contribution is -2.33. The summed E-state index contributed by atoms with van der Waals surface area (Å²) in [7, 11) is 0. The fraction of sp³-hybridized carbons (Fsp3) is 0.500. The van der Waals surface area contributed by atoms with Crippen LogP contribution in [0.25, 0.3) is 0 Å². The first kappa shape index (κ1) is 15.8. The van der Waals surface area contributed by atoms with Crippen LogP contribution in [0.5, 0.6) is 0 Å². The Kier molecular flexibility index (Phi) is 5.78. The summed E-state index contributed by atoms with van der Waals surface area (Å²) in [5.41, 5.74) is 0.770. The molecule has 6 nitrogen and oxygen atoms in total. The van der Waals surface area contributed by atoms with Crippen LogP contribution in [-0.2, 0) is 4.74 Å². The van der Waals surface area contributed by atoms with E-state index in [0.29, 0.717) is 24.3 Å². The molecule has 1 amide bonds. The van der Waals surface area contributed by atoms with Crippen molar-refractivity contribution in [1.29, 1.82) is 5.26 Å². The number of amides is 1. The number of aromatic nitrogens is 1. The summed E-state index contributed by atoms with van der Waals surface area (Å²) in [5, 5.41) is 14.7. The average molecular weight is 276 g/mol. The third-order valence-electron chi connectivity index (χ3n) is 2.28. The molecule has 1 heterocycles. The number of hydrogen-bond acceptors (Lipinski definition) is 5. The molecule has 2 N–H and O–H groups in total. The molecule has 0 aliphatic heterocycles. The third-order valence-corrected chi connectivity index (χ3v) is 2.28. The van der Waals surface area contributed by atoms with Gasteiger partial charge in [0.2, 0.25) is 0 Å². The highest BCUT2D eigenvalue weighted by Crippen LogP contribution is 2.11. The van der Waals surface area contributed by atoms with Gasteiger partial charge in [-0.1, -0.05) is 0 Å². The number of pyridine rings is 1. The summed E-state index contributed by atoms with van der Waals surface area (Å²) < 4.78 is 5.12. The molecule has 0 bridgehead atoms. The van der Waals surface area contributed by atoms with E-state index in [-0.39, 0.29) is 0 Å². The molecule has 0 radical (unpaired) electrons. The van der Waals surface area contributed by atoms with Gasteiger partial charge in [0, 0.05) is 19.3 Å². The van der Waals surface area contributed by atoms with Gasteiger partial charge >= 0.3 is 6.09 Å². The maximum Gasteiger partial charge on any atom is 0.407 e. The van der Waals surface area contributed by atoms with Crippen LogP contribution in [0.4, 0.5) is 10.5 Å². The van der Waals surface area contributed by atoms with Crippen LogP contribution in [0.2, 0.25) is 0 Å². The van der Waals surface area contributed by atoms with Gasteiger partial charge < -0.3 is 15.4 Å². The maximum absolute atomic E-state index is 11.4. The van der Waals surface area contributed by atoms with E-state index in [2.05, 4.69) is 21.7 Å². The Morgan fingerprint density at radius 2 is 2.20 bits per heavy atom. The molecule has 0 aliphatic carbocycles. The van der Waals surface area contributed by atoms with Gasteiger partial charge in [0.25, 0.3) is 0 Å². The SMILES string of the molecule is CC(C)(C)OC(=O)NCCCNc1cnccc1C#N. The molecule has 0 saturated carbocycles. The fourth-order valence-corrected chi connectivity index (χ4v) is 1.45. The van der Waals surface area contributed by atoms with E-state index in [1.54, 1.807) is 18.5 Å². The quantitative estimate of drug-likeness (QED) is 0.806. The molecule has 20 heavy (non-hydrogen) atoms. The van der Waals surface area contributed by atoms with E-state index in [4.69, 9.17) is 10.00 Å². The summed E-state index contributed by atoms with van der Waals surface area (Å²) >= 11 is 0. The number of alkyl carbamates (subject to hydrolysis) is 1. The van der Waals surface area contributed by atoms with Gasteiger partial charge in [-0.25, -0.2) is 4.79 Å². The Labute approximate surface area is 119 Å². The Hall–Kier alpha value is -2.29. The second kappa shape index (κ2) is 7.34. The second-order valence-electron chi connectivity index (χ2n) is 5.24. The van der Waals surface area contributed by atoms with E-state index in [9.17, 15) is 4.79 Å². The van der Waals surface area contributed by atoms with Gasteiger partial charge in [0.15, 0.2) is 0 Å². The maximum atomic E-state index is 11.4. The predicted molar refractivity (Wildman–Crippen MR) is 76.3 cm³/mol. The number of rotatable bonds is 5. The summed E-state index contributed by atoms with van der Waals surface area (Å²) in [6.45, 7) is 6.60. The molecule has 0 aromatic carbocycles. The number of anilines is 1. The van der Waals surface area contributed by atoms with E-state index in [1.165, 1.54) is 0 Å². The summed E-state index contributed by atoms with van der Waals surface area (Å²) in [5.74, 6) is 0. The standard InChI is InChI=1S/C14H20N4O2/c1-14(2,3)20-13(19)18-7-4-6-17-12-10-16-8-5-11(12)9-15/h5,8,10,17H,4,6-7H2,1-3H3,(H,18,19). The molecule has 0 aliphatic rings. The number of carbonyl (C=O) groups excluding carboxylic acids is 1. The lowest BCUT2D eigenvalue weighted by atomic mass is 10.2. The predicted octanol–water partition coefficient (Wildman–Crippen LogP) is 2.28. The van der Waals surface area contributed by atoms with Gasteiger partial charge in [0.05, 0.1) is 17.4 Å². The molecular formula is C14H20N4O2. The molecule has 6 heteroatoms. The van der Waals surface area contributed by atoms with Crippen molar-refractivity contribution in [3.8, 4) is 6.07 Å². The van der Waals surface area contributed by atoms with E-state index < -0.39 is 11.7 Å². The Balaban J connectivity index is 2.23. The van der Waals surface area contributed by atoms with E-state index in [0.717, 1.165) is 6.42 Å². The minimum absolute atomic E-state index is 0.420. The Bertz CT molecular complexity index is 489. The van der Waals surface area contributed by atoms with Crippen LogP contribution in [0, 0.1) is 11.3 Å². The largest absolute Gasteiger partial charge is 0.444 e. The van der Waals surface area contributed by atoms with Gasteiger partial charge in [-0.3, -0.25) is 4.98 Å². The summed E-state index contributed by atoms with van der Waals surface area (Å²) in [4.78, 5) is 15.3. The molecule has 1 aromatic heterocycles. The van der Waals surface area contributed by atoms with Crippen LogP contribution in [0.15, 0.2) is 18.5 Å². The van der Waals surface area contributed by atoms with Crippen LogP contribution in [-0.4, -0.2) is 29.8 Å². The Morgan fingerprint density at radius 1 is 1.45 bits per heavy atom. The highest BCUT2D eigenvalue weighted by atomic mass is 16.6. The minimum atomic E-state index is -0.486. The first-order chi connectivity index (χ1) is 9.42. The van der Waals surface area contributed by atoms with Crippen LogP contribution in [0.3, 0.4) is 0 Å². The number of nitrogens with one attached hydrogen (secondary N) is 2. The second-order valence-corrected chi connectivity index (χ2v) is 5.24. The molecule has 1 rings (SSSR count). The van der Waals surface area contributed by atoms with Crippen molar-refractivity contribution < 1.29 is 9.53 Å². The molecule has 0 fully saturated rings. The number of hydrogen-bond donors (Lipinski definition) is 2. The van der Waals surface area contributed by atoms with Crippen LogP contribution >= 0.6 is 0 Å². The average Bonchev–Trinajstić information content (AvgIpc) is 2.36. The fourth-order valence-electron chi connectivity index (χ4n) is 1.45. The number of ether oxygens (including phenoxy) is 1. The highest BCUT2D eigenvalue weighted by molar-refractivity contribution is 5.67. The van der Waals surface area contributed by atoms with Crippen LogP contribution in [0.1, 0.15) is 32.8 Å². The van der Waals surface area contributed by atoms with E-state index >= 15 is 0 Å². The lowest BCUT2D eigenvalue weighted by molar-refractivity contribution is 0.0528. The smallest absolute Gasteiger partial charge is 0.407 e. The highest BCUT2D eigenvalue weighted by Gasteiger charge is 2.15. The number of nitriles is 1. The van der Waals surface area contributed by atoms with Gasteiger partial charge in [0.1, 0.15) is 11.7 Å². The molecule has 0 atom stereocenters. The topological polar surface area (TPSA) is 87.0 Å². The molecule has 0 unspecified atom stereocenters. The Morgan fingerprint density at radius 3 is 2.85 bits per heavy atom. The van der Waals surface area contributed by atoms with Crippen molar-refractivity contribution in [3.63, 3.8) is 0 Å². The molecule has 1 aromatic rings. The molecule has 0 saturated heterocycles. The number of nitrogens with zero attached hydrogens (tertiary/aromatic N) is 2. The first-order valence-electron chi connectivity index (χ1n) is 6.47. The van der Waals surface area contributed by atoms with Gasteiger partial charge in [-0.2, -0.15) is 5.26 Å². The van der Waals surface area contributed by atoms with Gasteiger partial charge in [-0.15, -0.1) is 0 Å². The van der Waals surface area contributed by atoms with Crippen molar-refractivity contribution in [2.75, 3.05) is 18.4 Å². The van der Waals surface area contributed by atoms with Crippen molar-refractivity contribution in [2.24, 2.45) is 0 Å². The molecule has 0 spiro atoms. The summed E-state index contributed by atoms with van der Waals surface area (Å²) in [6, 6.07) is 3.74.